The molecule has 3 nitrogen and oxygen atoms in total. The Hall–Kier alpha value is -1.53. The van der Waals surface area contributed by atoms with Gasteiger partial charge in [-0.2, -0.15) is 5.26 Å². The molecule has 0 N–H and O–H groups in total. The topological polar surface area (TPSA) is 44.1 Å². The molecule has 1 rings (SSSR count). The summed E-state index contributed by atoms with van der Waals surface area (Å²) in [6, 6.07) is 8.74. The highest BCUT2D eigenvalue weighted by molar-refractivity contribution is 6.17. The van der Waals surface area contributed by atoms with Crippen molar-refractivity contribution in [2.45, 2.75) is 19.3 Å². The first-order valence-corrected chi connectivity index (χ1v) is 6.54. The molecule has 0 saturated heterocycles. The van der Waals surface area contributed by atoms with Crippen LogP contribution in [0, 0.1) is 11.3 Å². The van der Waals surface area contributed by atoms with Gasteiger partial charge in [-0.3, -0.25) is 4.79 Å². The number of carbonyl (C=O) groups excluding carboxylic acids is 1. The first-order chi connectivity index (χ1) is 8.69. The van der Waals surface area contributed by atoms with Crippen molar-refractivity contribution in [3.05, 3.63) is 35.4 Å². The van der Waals surface area contributed by atoms with E-state index in [0.717, 1.165) is 25.8 Å². The van der Waals surface area contributed by atoms with Crippen molar-refractivity contribution in [3.63, 3.8) is 0 Å². The zero-order valence-electron chi connectivity index (χ0n) is 10.5. The van der Waals surface area contributed by atoms with E-state index in [4.69, 9.17) is 16.9 Å². The third-order valence-corrected chi connectivity index (χ3v) is 3.00. The van der Waals surface area contributed by atoms with Crippen molar-refractivity contribution in [1.29, 1.82) is 5.26 Å². The third kappa shape index (κ3) is 4.38. The zero-order chi connectivity index (χ0) is 13.4. The lowest BCUT2D eigenvalue weighted by Gasteiger charge is -2.17. The lowest BCUT2D eigenvalue weighted by atomic mass is 10.1. The number of unbranched alkanes of at least 4 members (excludes halogenated alkanes) is 2. The Balaban J connectivity index is 2.49. The van der Waals surface area contributed by atoms with Crippen LogP contribution in [0.5, 0.6) is 0 Å². The summed E-state index contributed by atoms with van der Waals surface area (Å²) in [5.74, 6) is 0.665. The normalized spacial score (nSPS) is 9.83. The molecule has 4 heteroatoms. The van der Waals surface area contributed by atoms with Crippen molar-refractivity contribution < 1.29 is 4.79 Å². The van der Waals surface area contributed by atoms with E-state index in [2.05, 4.69) is 0 Å². The molecule has 0 bridgehead atoms. The fraction of sp³-hybridized carbons (Fsp3) is 0.429. The summed E-state index contributed by atoms with van der Waals surface area (Å²) in [5, 5.41) is 8.69. The largest absolute Gasteiger partial charge is 0.342 e. The second-order valence-corrected chi connectivity index (χ2v) is 4.54. The van der Waals surface area contributed by atoms with Crippen LogP contribution in [0.3, 0.4) is 0 Å². The zero-order valence-corrected chi connectivity index (χ0v) is 11.3. The number of carbonyl (C=O) groups is 1. The molecule has 0 radical (unpaired) electrons. The number of benzene rings is 1. The Morgan fingerprint density at radius 3 is 2.50 bits per heavy atom. The van der Waals surface area contributed by atoms with E-state index in [-0.39, 0.29) is 5.91 Å². The fourth-order valence-electron chi connectivity index (χ4n) is 1.63. The van der Waals surface area contributed by atoms with E-state index in [9.17, 15) is 4.79 Å². The number of halogens is 1. The number of amides is 1. The highest BCUT2D eigenvalue weighted by Crippen LogP contribution is 2.07. The SMILES string of the molecule is CN(CCCCCCl)C(=O)c1ccc(C#N)cc1. The predicted molar refractivity (Wildman–Crippen MR) is 72.7 cm³/mol. The fourth-order valence-corrected chi connectivity index (χ4v) is 1.82. The standard InChI is InChI=1S/C14H17ClN2O/c1-17(10-4-2-3-9-15)14(18)13-7-5-12(11-16)6-8-13/h5-8H,2-4,9-10H2,1H3. The highest BCUT2D eigenvalue weighted by Gasteiger charge is 2.10. The molecule has 0 atom stereocenters. The Morgan fingerprint density at radius 1 is 1.28 bits per heavy atom. The van der Waals surface area contributed by atoms with Gasteiger partial charge in [-0.05, 0) is 37.1 Å². The molecule has 0 aromatic heterocycles. The van der Waals surface area contributed by atoms with E-state index >= 15 is 0 Å². The maximum absolute atomic E-state index is 12.0. The summed E-state index contributed by atoms with van der Waals surface area (Å²) in [4.78, 5) is 13.7. The van der Waals surface area contributed by atoms with Gasteiger partial charge in [0.15, 0.2) is 0 Å². The molecule has 0 aliphatic rings. The Bertz CT molecular complexity index is 422. The summed E-state index contributed by atoms with van der Waals surface area (Å²) in [6.45, 7) is 0.732. The van der Waals surface area contributed by atoms with Gasteiger partial charge in [-0.25, -0.2) is 0 Å². The lowest BCUT2D eigenvalue weighted by Crippen LogP contribution is -2.27. The van der Waals surface area contributed by atoms with E-state index in [1.54, 1.807) is 36.2 Å². The smallest absolute Gasteiger partial charge is 0.253 e. The van der Waals surface area contributed by atoms with Crippen molar-refractivity contribution in [2.75, 3.05) is 19.5 Å². The molecule has 1 aromatic carbocycles. The molecule has 0 fully saturated rings. The average Bonchev–Trinajstić information content (AvgIpc) is 2.42. The second-order valence-electron chi connectivity index (χ2n) is 4.17. The minimum absolute atomic E-state index is 0.00892. The number of hydrogen-bond donors (Lipinski definition) is 0. The molecule has 0 spiro atoms. The average molecular weight is 265 g/mol. The summed E-state index contributed by atoms with van der Waals surface area (Å²) in [5.41, 5.74) is 1.19. The van der Waals surface area contributed by atoms with Gasteiger partial charge in [-0.15, -0.1) is 11.6 Å². The van der Waals surface area contributed by atoms with Gasteiger partial charge in [0.2, 0.25) is 0 Å². The quantitative estimate of drug-likeness (QED) is 0.586. The Morgan fingerprint density at radius 2 is 1.94 bits per heavy atom. The maximum atomic E-state index is 12.0. The van der Waals surface area contributed by atoms with Gasteiger partial charge in [0.05, 0.1) is 11.6 Å². The van der Waals surface area contributed by atoms with Crippen LogP contribution in [0.2, 0.25) is 0 Å². The molecule has 0 aliphatic heterocycles. The second kappa shape index (κ2) is 7.73. The Kier molecular flexibility index (Phi) is 6.24. The molecule has 0 aliphatic carbocycles. The summed E-state index contributed by atoms with van der Waals surface area (Å²) in [6.07, 6.45) is 2.99. The molecule has 18 heavy (non-hydrogen) atoms. The summed E-state index contributed by atoms with van der Waals surface area (Å²) < 4.78 is 0. The van der Waals surface area contributed by atoms with Gasteiger partial charge in [0, 0.05) is 25.0 Å². The molecule has 1 amide bonds. The molecule has 0 heterocycles. The number of nitrogens with zero attached hydrogens (tertiary/aromatic N) is 2. The minimum atomic E-state index is -0.00892. The number of nitriles is 1. The molecule has 96 valence electrons. The van der Waals surface area contributed by atoms with Gasteiger partial charge in [0.1, 0.15) is 0 Å². The molecule has 0 unspecified atom stereocenters. The first-order valence-electron chi connectivity index (χ1n) is 6.00. The van der Waals surface area contributed by atoms with Crippen LogP contribution in [-0.2, 0) is 0 Å². The van der Waals surface area contributed by atoms with Crippen molar-refractivity contribution in [2.24, 2.45) is 0 Å². The molecular weight excluding hydrogens is 248 g/mol. The predicted octanol–water partition coefficient (Wildman–Crippen LogP) is 3.04. The van der Waals surface area contributed by atoms with Crippen molar-refractivity contribution in [1.82, 2.24) is 4.90 Å². The van der Waals surface area contributed by atoms with E-state index in [1.165, 1.54) is 0 Å². The minimum Gasteiger partial charge on any atom is -0.342 e. The monoisotopic (exact) mass is 264 g/mol. The number of alkyl halides is 1. The van der Waals surface area contributed by atoms with Crippen LogP contribution < -0.4 is 0 Å². The van der Waals surface area contributed by atoms with E-state index in [1.807, 2.05) is 6.07 Å². The van der Waals surface area contributed by atoms with E-state index < -0.39 is 0 Å². The number of rotatable bonds is 6. The van der Waals surface area contributed by atoms with Gasteiger partial charge in [-0.1, -0.05) is 6.42 Å². The van der Waals surface area contributed by atoms with Crippen LogP contribution in [0.4, 0.5) is 0 Å². The molecule has 0 saturated carbocycles. The van der Waals surface area contributed by atoms with Crippen LogP contribution in [-0.4, -0.2) is 30.3 Å². The van der Waals surface area contributed by atoms with Crippen LogP contribution in [0.15, 0.2) is 24.3 Å². The van der Waals surface area contributed by atoms with Crippen molar-refractivity contribution >= 4 is 17.5 Å². The van der Waals surface area contributed by atoms with Gasteiger partial charge in [0.25, 0.3) is 5.91 Å². The molecular formula is C14H17ClN2O. The van der Waals surface area contributed by atoms with Gasteiger partial charge >= 0.3 is 0 Å². The van der Waals surface area contributed by atoms with Crippen LogP contribution in [0.1, 0.15) is 35.2 Å². The van der Waals surface area contributed by atoms with Crippen LogP contribution in [0.25, 0.3) is 0 Å². The maximum Gasteiger partial charge on any atom is 0.253 e. The highest BCUT2D eigenvalue weighted by atomic mass is 35.5. The number of hydrogen-bond acceptors (Lipinski definition) is 2. The lowest BCUT2D eigenvalue weighted by molar-refractivity contribution is 0.0792. The van der Waals surface area contributed by atoms with Crippen LogP contribution >= 0.6 is 11.6 Å². The van der Waals surface area contributed by atoms with Crippen molar-refractivity contribution in [3.8, 4) is 6.07 Å². The first kappa shape index (κ1) is 14.5. The molecule has 1 aromatic rings. The third-order valence-electron chi connectivity index (χ3n) is 2.73. The van der Waals surface area contributed by atoms with E-state index in [0.29, 0.717) is 17.0 Å². The summed E-state index contributed by atoms with van der Waals surface area (Å²) in [7, 11) is 1.79. The van der Waals surface area contributed by atoms with Gasteiger partial charge < -0.3 is 4.90 Å². The summed E-state index contributed by atoms with van der Waals surface area (Å²) >= 11 is 5.60. The Labute approximate surface area is 113 Å².